The molecule has 3 aromatic rings. The van der Waals surface area contributed by atoms with Crippen LogP contribution in [0.4, 0.5) is 10.8 Å². The number of nitrogens with one attached hydrogen (secondary N) is 2. The number of rotatable bonds is 4. The average molecular weight is 306 g/mol. The van der Waals surface area contributed by atoms with E-state index in [4.69, 9.17) is 4.42 Å². The summed E-state index contributed by atoms with van der Waals surface area (Å²) in [6, 6.07) is 5.46. The first-order valence-electron chi connectivity index (χ1n) is 5.74. The summed E-state index contributed by atoms with van der Waals surface area (Å²) < 4.78 is 5.35. The summed E-state index contributed by atoms with van der Waals surface area (Å²) in [5.74, 6) is 0.389. The highest BCUT2D eigenvalue weighted by atomic mass is 32.1. The monoisotopic (exact) mass is 306 g/mol. The fourth-order valence-corrected chi connectivity index (χ4v) is 2.77. The molecular formula is C12H10N4O2S2. The van der Waals surface area contributed by atoms with E-state index in [9.17, 15) is 4.79 Å². The molecule has 0 spiro atoms. The third-order valence-corrected chi connectivity index (χ3v) is 3.98. The van der Waals surface area contributed by atoms with Crippen LogP contribution >= 0.6 is 22.7 Å². The minimum absolute atomic E-state index is 0.0786. The van der Waals surface area contributed by atoms with Crippen molar-refractivity contribution in [1.29, 1.82) is 0 Å². The smallest absolute Gasteiger partial charge is 0.324 e. The van der Waals surface area contributed by atoms with Crippen molar-refractivity contribution in [3.05, 3.63) is 39.2 Å². The van der Waals surface area contributed by atoms with Crippen molar-refractivity contribution in [2.45, 2.75) is 6.54 Å². The summed E-state index contributed by atoms with van der Waals surface area (Å²) in [5, 5.41) is 18.6. The Morgan fingerprint density at radius 3 is 3.00 bits per heavy atom. The first-order valence-corrected chi connectivity index (χ1v) is 7.57. The Morgan fingerprint density at radius 2 is 2.25 bits per heavy atom. The molecule has 102 valence electrons. The van der Waals surface area contributed by atoms with Crippen molar-refractivity contribution >= 4 is 34.7 Å². The molecule has 3 heterocycles. The molecule has 8 heteroatoms. The number of carbonyl (C=O) groups excluding carboxylic acids is 1. The van der Waals surface area contributed by atoms with Gasteiger partial charge in [0.25, 0.3) is 5.89 Å². The van der Waals surface area contributed by atoms with Gasteiger partial charge in [-0.05, 0) is 22.9 Å². The minimum Gasteiger partial charge on any atom is -0.403 e. The van der Waals surface area contributed by atoms with Crippen LogP contribution in [0.25, 0.3) is 11.5 Å². The van der Waals surface area contributed by atoms with E-state index >= 15 is 0 Å². The number of nitrogens with zero attached hydrogens (tertiary/aromatic N) is 2. The summed E-state index contributed by atoms with van der Waals surface area (Å²) >= 11 is 3.12. The maximum Gasteiger partial charge on any atom is 0.324 e. The molecule has 0 aromatic carbocycles. The van der Waals surface area contributed by atoms with Gasteiger partial charge in [-0.3, -0.25) is 5.32 Å². The zero-order valence-corrected chi connectivity index (χ0v) is 11.8. The van der Waals surface area contributed by atoms with Gasteiger partial charge < -0.3 is 9.73 Å². The molecule has 0 unspecified atom stereocenters. The van der Waals surface area contributed by atoms with E-state index in [0.717, 1.165) is 10.4 Å². The van der Waals surface area contributed by atoms with Crippen LogP contribution in [-0.4, -0.2) is 16.2 Å². The molecule has 0 fully saturated rings. The molecule has 0 atom stereocenters. The Labute approximate surface area is 122 Å². The van der Waals surface area contributed by atoms with Crippen molar-refractivity contribution in [2.75, 3.05) is 5.32 Å². The van der Waals surface area contributed by atoms with Gasteiger partial charge in [-0.1, -0.05) is 11.2 Å². The fourth-order valence-electron chi connectivity index (χ4n) is 1.50. The van der Waals surface area contributed by atoms with Gasteiger partial charge in [-0.15, -0.1) is 16.4 Å². The molecule has 20 heavy (non-hydrogen) atoms. The highest BCUT2D eigenvalue weighted by Crippen LogP contribution is 2.21. The number of hydrogen-bond donors (Lipinski definition) is 2. The van der Waals surface area contributed by atoms with Crippen LogP contribution in [0.1, 0.15) is 4.88 Å². The Hall–Kier alpha value is -2.19. The average Bonchev–Trinajstić information content (AvgIpc) is 3.18. The second-order valence-electron chi connectivity index (χ2n) is 3.81. The van der Waals surface area contributed by atoms with Crippen LogP contribution in [0.2, 0.25) is 0 Å². The van der Waals surface area contributed by atoms with E-state index in [2.05, 4.69) is 20.8 Å². The summed E-state index contributed by atoms with van der Waals surface area (Å²) in [6.45, 7) is 0.467. The van der Waals surface area contributed by atoms with Crippen LogP contribution in [0.3, 0.4) is 0 Å². The van der Waals surface area contributed by atoms with E-state index in [0.29, 0.717) is 12.4 Å². The maximum absolute atomic E-state index is 11.7. The minimum atomic E-state index is -0.376. The van der Waals surface area contributed by atoms with Gasteiger partial charge in [0.15, 0.2) is 0 Å². The number of amides is 2. The van der Waals surface area contributed by atoms with Crippen molar-refractivity contribution < 1.29 is 9.21 Å². The Bertz CT molecular complexity index is 676. The number of hydrogen-bond acceptors (Lipinski definition) is 6. The van der Waals surface area contributed by atoms with Gasteiger partial charge in [-0.2, -0.15) is 11.3 Å². The van der Waals surface area contributed by atoms with Gasteiger partial charge in [0.05, 0.1) is 6.54 Å². The molecule has 3 rings (SSSR count). The summed E-state index contributed by atoms with van der Waals surface area (Å²) in [5.41, 5.74) is 0.842. The third kappa shape index (κ3) is 3.03. The highest BCUT2D eigenvalue weighted by molar-refractivity contribution is 7.09. The second kappa shape index (κ2) is 5.85. The number of anilines is 1. The number of urea groups is 1. The fraction of sp³-hybridized carbons (Fsp3) is 0.0833. The molecule has 0 saturated carbocycles. The number of thiophene rings is 2. The normalized spacial score (nSPS) is 10.4. The largest absolute Gasteiger partial charge is 0.403 e. The van der Waals surface area contributed by atoms with Gasteiger partial charge in [0.2, 0.25) is 0 Å². The maximum atomic E-state index is 11.7. The van der Waals surface area contributed by atoms with Crippen molar-refractivity contribution in [1.82, 2.24) is 15.5 Å². The molecule has 0 bridgehead atoms. The van der Waals surface area contributed by atoms with Crippen molar-refractivity contribution in [3.63, 3.8) is 0 Å². The molecule has 0 aliphatic carbocycles. The van der Waals surface area contributed by atoms with Gasteiger partial charge >= 0.3 is 12.0 Å². The highest BCUT2D eigenvalue weighted by Gasteiger charge is 2.11. The topological polar surface area (TPSA) is 80.0 Å². The first kappa shape index (κ1) is 12.8. The summed E-state index contributed by atoms with van der Waals surface area (Å²) in [7, 11) is 0. The predicted molar refractivity (Wildman–Crippen MR) is 77.8 cm³/mol. The molecule has 2 N–H and O–H groups in total. The molecule has 0 radical (unpaired) electrons. The molecule has 0 aliphatic heterocycles. The summed E-state index contributed by atoms with van der Waals surface area (Å²) in [6.07, 6.45) is 0. The molecule has 3 aromatic heterocycles. The summed E-state index contributed by atoms with van der Waals surface area (Å²) in [4.78, 5) is 12.7. The lowest BCUT2D eigenvalue weighted by atomic mass is 10.3. The van der Waals surface area contributed by atoms with Gasteiger partial charge in [0.1, 0.15) is 0 Å². The van der Waals surface area contributed by atoms with Crippen LogP contribution in [-0.2, 0) is 6.54 Å². The molecular weight excluding hydrogens is 296 g/mol. The van der Waals surface area contributed by atoms with Gasteiger partial charge in [-0.25, -0.2) is 4.79 Å². The zero-order valence-electron chi connectivity index (χ0n) is 10.2. The van der Waals surface area contributed by atoms with Crippen LogP contribution in [0.15, 0.2) is 38.8 Å². The Balaban J connectivity index is 1.56. The van der Waals surface area contributed by atoms with E-state index in [1.807, 2.05) is 34.3 Å². The Kier molecular flexibility index (Phi) is 3.75. The van der Waals surface area contributed by atoms with Crippen LogP contribution in [0, 0.1) is 0 Å². The van der Waals surface area contributed by atoms with Crippen molar-refractivity contribution in [2.24, 2.45) is 0 Å². The van der Waals surface area contributed by atoms with Crippen molar-refractivity contribution in [3.8, 4) is 11.5 Å². The van der Waals surface area contributed by atoms with Crippen LogP contribution in [0.5, 0.6) is 0 Å². The number of carbonyl (C=O) groups is 1. The van der Waals surface area contributed by atoms with E-state index in [1.165, 1.54) is 11.3 Å². The lowest BCUT2D eigenvalue weighted by Crippen LogP contribution is -2.27. The molecule has 0 aliphatic rings. The predicted octanol–water partition coefficient (Wildman–Crippen LogP) is 3.18. The van der Waals surface area contributed by atoms with Crippen LogP contribution < -0.4 is 10.6 Å². The standard InChI is InChI=1S/C12H10N4O2S2/c17-11(13-6-9-2-1-4-20-9)14-12-16-15-10(18-12)8-3-5-19-7-8/h1-5,7H,6H2,(H2,13,14,16,17). The zero-order chi connectivity index (χ0) is 13.8. The lowest BCUT2D eigenvalue weighted by Gasteiger charge is -2.02. The quantitative estimate of drug-likeness (QED) is 0.776. The SMILES string of the molecule is O=C(NCc1cccs1)Nc1nnc(-c2ccsc2)o1. The molecule has 6 nitrogen and oxygen atoms in total. The molecule has 2 amide bonds. The van der Waals surface area contributed by atoms with Gasteiger partial charge in [0, 0.05) is 15.8 Å². The van der Waals surface area contributed by atoms with E-state index < -0.39 is 0 Å². The second-order valence-corrected chi connectivity index (χ2v) is 5.62. The van der Waals surface area contributed by atoms with E-state index in [-0.39, 0.29) is 12.0 Å². The first-order chi connectivity index (χ1) is 9.81. The Morgan fingerprint density at radius 1 is 1.30 bits per heavy atom. The molecule has 0 saturated heterocycles. The number of aromatic nitrogens is 2. The van der Waals surface area contributed by atoms with E-state index in [1.54, 1.807) is 11.3 Å². The third-order valence-electron chi connectivity index (χ3n) is 2.42. The lowest BCUT2D eigenvalue weighted by molar-refractivity contribution is 0.251.